The molecule has 0 aliphatic rings. The third-order valence-corrected chi connectivity index (χ3v) is 6.58. The van der Waals surface area contributed by atoms with Crippen molar-refractivity contribution in [1.82, 2.24) is 4.98 Å². The number of hydrogen-bond donors (Lipinski definition) is 2. The third kappa shape index (κ3) is 5.07. The number of nitrogens with two attached hydrogens (primary N) is 1. The van der Waals surface area contributed by atoms with Gasteiger partial charge in [0, 0.05) is 21.5 Å². The van der Waals surface area contributed by atoms with Crippen LogP contribution in [-0.4, -0.2) is 18.0 Å². The van der Waals surface area contributed by atoms with E-state index in [9.17, 15) is 4.79 Å². The Morgan fingerprint density at radius 2 is 1.84 bits per heavy atom. The van der Waals surface area contributed by atoms with Crippen molar-refractivity contribution >= 4 is 39.8 Å². The molecule has 1 heterocycles. The monoisotopic (exact) mass is 447 g/mol. The zero-order valence-corrected chi connectivity index (χ0v) is 18.5. The highest BCUT2D eigenvalue weighted by Crippen LogP contribution is 2.38. The molecule has 3 aromatic carbocycles. The average molecular weight is 448 g/mol. The minimum Gasteiger partial charge on any atom is -0.496 e. The van der Waals surface area contributed by atoms with Crippen LogP contribution in [-0.2, 0) is 4.79 Å². The van der Waals surface area contributed by atoms with Gasteiger partial charge in [-0.25, -0.2) is 4.98 Å². The number of anilines is 2. The second-order valence-electron chi connectivity index (χ2n) is 6.71. The largest absolute Gasteiger partial charge is 0.496 e. The third-order valence-electron chi connectivity index (χ3n) is 4.57. The van der Waals surface area contributed by atoms with E-state index in [0.717, 1.165) is 27.5 Å². The van der Waals surface area contributed by atoms with Crippen molar-refractivity contribution in [2.45, 2.75) is 10.1 Å². The molecule has 0 saturated carbocycles. The lowest BCUT2D eigenvalue weighted by Gasteiger charge is -2.16. The normalized spacial score (nSPS) is 11.6. The number of hydrogen-bond acceptors (Lipinski definition) is 6. The zero-order valence-electron chi connectivity index (χ0n) is 16.8. The standard InChI is InChI=1S/C24H21N3O2S2/c1-29-21-13-6-5-12-19(21)20-15-30-24(26-20)27-23(28)22(16-8-3-2-4-9-16)31-18-11-7-10-17(25)14-18/h2-15,22H,25H2,1H3,(H,26,27,28). The molecular weight excluding hydrogens is 426 g/mol. The van der Waals surface area contributed by atoms with Crippen molar-refractivity contribution < 1.29 is 9.53 Å². The Morgan fingerprint density at radius 3 is 2.61 bits per heavy atom. The first-order valence-electron chi connectivity index (χ1n) is 9.61. The van der Waals surface area contributed by atoms with Gasteiger partial charge >= 0.3 is 0 Å². The predicted octanol–water partition coefficient (Wildman–Crippen LogP) is 5.87. The molecule has 1 aromatic heterocycles. The highest BCUT2D eigenvalue weighted by molar-refractivity contribution is 8.00. The SMILES string of the molecule is COc1ccccc1-c1csc(NC(=O)C(Sc2cccc(N)c2)c2ccccc2)n1. The summed E-state index contributed by atoms with van der Waals surface area (Å²) in [7, 11) is 1.63. The summed E-state index contributed by atoms with van der Waals surface area (Å²) in [5.41, 5.74) is 9.14. The van der Waals surface area contributed by atoms with Gasteiger partial charge in [0.15, 0.2) is 5.13 Å². The van der Waals surface area contributed by atoms with Gasteiger partial charge in [0.1, 0.15) is 11.0 Å². The topological polar surface area (TPSA) is 77.2 Å². The van der Waals surface area contributed by atoms with E-state index in [1.807, 2.05) is 84.2 Å². The highest BCUT2D eigenvalue weighted by Gasteiger charge is 2.23. The zero-order chi connectivity index (χ0) is 21.6. The number of thiazole rings is 1. The van der Waals surface area contributed by atoms with Crippen LogP contribution in [0.15, 0.2) is 89.1 Å². The quantitative estimate of drug-likeness (QED) is 0.274. The maximum atomic E-state index is 13.3. The molecule has 0 radical (unpaired) electrons. The number of nitrogen functional groups attached to an aromatic ring is 1. The van der Waals surface area contributed by atoms with Crippen LogP contribution < -0.4 is 15.8 Å². The van der Waals surface area contributed by atoms with Gasteiger partial charge in [0.05, 0.1) is 12.8 Å². The molecule has 4 aromatic rings. The van der Waals surface area contributed by atoms with Crippen LogP contribution in [0.25, 0.3) is 11.3 Å². The van der Waals surface area contributed by atoms with Gasteiger partial charge in [-0.05, 0) is 35.9 Å². The highest BCUT2D eigenvalue weighted by atomic mass is 32.2. The second kappa shape index (κ2) is 9.68. The summed E-state index contributed by atoms with van der Waals surface area (Å²) >= 11 is 2.84. The number of thioether (sulfide) groups is 1. The van der Waals surface area contributed by atoms with Crippen LogP contribution in [0, 0.1) is 0 Å². The Morgan fingerprint density at radius 1 is 1.06 bits per heavy atom. The molecule has 3 N–H and O–H groups in total. The van der Waals surface area contributed by atoms with Gasteiger partial charge < -0.3 is 15.8 Å². The van der Waals surface area contributed by atoms with Gasteiger partial charge in [-0.1, -0.05) is 48.5 Å². The summed E-state index contributed by atoms with van der Waals surface area (Å²) < 4.78 is 5.43. The lowest BCUT2D eigenvalue weighted by atomic mass is 10.1. The number of methoxy groups -OCH3 is 1. The molecule has 156 valence electrons. The molecule has 0 spiro atoms. The summed E-state index contributed by atoms with van der Waals surface area (Å²) in [5, 5.41) is 4.99. The number of amides is 1. The van der Waals surface area contributed by atoms with Crippen molar-refractivity contribution in [3.63, 3.8) is 0 Å². The van der Waals surface area contributed by atoms with Crippen molar-refractivity contribution in [2.75, 3.05) is 18.2 Å². The van der Waals surface area contributed by atoms with Gasteiger partial charge in [0.25, 0.3) is 0 Å². The molecule has 0 aliphatic carbocycles. The molecule has 0 bridgehead atoms. The molecular formula is C24H21N3O2S2. The first-order valence-corrected chi connectivity index (χ1v) is 11.4. The molecule has 5 nitrogen and oxygen atoms in total. The molecule has 0 fully saturated rings. The van der Waals surface area contributed by atoms with Gasteiger partial charge in [-0.3, -0.25) is 4.79 Å². The Labute approximate surface area is 189 Å². The fourth-order valence-electron chi connectivity index (χ4n) is 3.11. The number of nitrogens with zero attached hydrogens (tertiary/aromatic N) is 1. The van der Waals surface area contributed by atoms with E-state index in [2.05, 4.69) is 10.3 Å². The Hall–Kier alpha value is -3.29. The number of nitrogens with one attached hydrogen (secondary N) is 1. The van der Waals surface area contributed by atoms with E-state index in [4.69, 9.17) is 10.5 Å². The Kier molecular flexibility index (Phi) is 6.54. The lowest BCUT2D eigenvalue weighted by molar-refractivity contribution is -0.115. The first-order chi connectivity index (χ1) is 15.1. The number of rotatable bonds is 7. The van der Waals surface area contributed by atoms with Gasteiger partial charge in [-0.15, -0.1) is 23.1 Å². The van der Waals surface area contributed by atoms with E-state index in [1.165, 1.54) is 23.1 Å². The molecule has 1 amide bonds. The summed E-state index contributed by atoms with van der Waals surface area (Å²) in [4.78, 5) is 18.8. The average Bonchev–Trinajstić information content (AvgIpc) is 3.26. The van der Waals surface area contributed by atoms with Crippen molar-refractivity contribution in [3.05, 3.63) is 89.8 Å². The summed E-state index contributed by atoms with van der Waals surface area (Å²) in [6.45, 7) is 0. The molecule has 1 unspecified atom stereocenters. The number of benzene rings is 3. The van der Waals surface area contributed by atoms with E-state index >= 15 is 0 Å². The van der Waals surface area contributed by atoms with Crippen LogP contribution in [0.4, 0.5) is 10.8 Å². The van der Waals surface area contributed by atoms with Crippen molar-refractivity contribution in [1.29, 1.82) is 0 Å². The van der Waals surface area contributed by atoms with Crippen LogP contribution in [0.2, 0.25) is 0 Å². The number of aromatic nitrogens is 1. The predicted molar refractivity (Wildman–Crippen MR) is 129 cm³/mol. The minimum atomic E-state index is -0.443. The van der Waals surface area contributed by atoms with Crippen LogP contribution in [0.5, 0.6) is 5.75 Å². The molecule has 31 heavy (non-hydrogen) atoms. The van der Waals surface area contributed by atoms with Crippen LogP contribution in [0.1, 0.15) is 10.8 Å². The molecule has 4 rings (SSSR count). The molecule has 0 saturated heterocycles. The molecule has 0 aliphatic heterocycles. The number of carbonyl (C=O) groups is 1. The first kappa shape index (κ1) is 21.0. The maximum Gasteiger partial charge on any atom is 0.244 e. The lowest BCUT2D eigenvalue weighted by Crippen LogP contribution is -2.19. The van der Waals surface area contributed by atoms with Crippen LogP contribution >= 0.6 is 23.1 Å². The second-order valence-corrected chi connectivity index (χ2v) is 8.75. The van der Waals surface area contributed by atoms with Crippen molar-refractivity contribution in [2.24, 2.45) is 0 Å². The Bertz CT molecular complexity index is 1180. The van der Waals surface area contributed by atoms with Crippen LogP contribution in [0.3, 0.4) is 0 Å². The molecule has 7 heteroatoms. The number of para-hydroxylation sites is 1. The summed E-state index contributed by atoms with van der Waals surface area (Å²) in [5.74, 6) is 0.601. The smallest absolute Gasteiger partial charge is 0.244 e. The van der Waals surface area contributed by atoms with E-state index in [1.54, 1.807) is 7.11 Å². The van der Waals surface area contributed by atoms with E-state index in [0.29, 0.717) is 10.8 Å². The minimum absolute atomic E-state index is 0.139. The van der Waals surface area contributed by atoms with E-state index in [-0.39, 0.29) is 5.91 Å². The summed E-state index contributed by atoms with van der Waals surface area (Å²) in [6, 6.07) is 24.9. The molecule has 1 atom stereocenters. The maximum absolute atomic E-state index is 13.3. The number of ether oxygens (including phenoxy) is 1. The fourth-order valence-corrected chi connectivity index (χ4v) is 4.91. The number of carbonyl (C=O) groups excluding carboxylic acids is 1. The van der Waals surface area contributed by atoms with E-state index < -0.39 is 5.25 Å². The van der Waals surface area contributed by atoms with Crippen molar-refractivity contribution in [3.8, 4) is 17.0 Å². The Balaban J connectivity index is 1.57. The fraction of sp³-hybridized carbons (Fsp3) is 0.0833. The van der Waals surface area contributed by atoms with Gasteiger partial charge in [-0.2, -0.15) is 0 Å². The summed E-state index contributed by atoms with van der Waals surface area (Å²) in [6.07, 6.45) is 0. The van der Waals surface area contributed by atoms with Gasteiger partial charge in [0.2, 0.25) is 5.91 Å².